The number of methoxy groups -OCH3 is 1. The lowest BCUT2D eigenvalue weighted by Crippen LogP contribution is -2.28. The zero-order valence-corrected chi connectivity index (χ0v) is 16.0. The lowest BCUT2D eigenvalue weighted by molar-refractivity contribution is 0.0301. The molecule has 1 fully saturated rings. The molecule has 146 valence electrons. The Bertz CT molecular complexity index is 982. The summed E-state index contributed by atoms with van der Waals surface area (Å²) in [5.74, 6) is -0.0241. The summed E-state index contributed by atoms with van der Waals surface area (Å²) in [5.41, 5.74) is 1.67. The van der Waals surface area contributed by atoms with Crippen LogP contribution in [0.25, 0.3) is 11.0 Å². The van der Waals surface area contributed by atoms with E-state index in [-0.39, 0.29) is 17.1 Å². The van der Waals surface area contributed by atoms with Crippen LogP contribution in [0.15, 0.2) is 30.7 Å². The highest BCUT2D eigenvalue weighted by atomic mass is 35.5. The highest BCUT2D eigenvalue weighted by Crippen LogP contribution is 2.27. The quantitative estimate of drug-likeness (QED) is 0.680. The molecule has 1 N–H and O–H groups in total. The van der Waals surface area contributed by atoms with E-state index in [4.69, 9.17) is 21.1 Å². The summed E-state index contributed by atoms with van der Waals surface area (Å²) >= 11 is 5.85. The minimum Gasteiger partial charge on any atom is -0.460 e. The number of fused-ring (bicyclic) bond motifs is 1. The largest absolute Gasteiger partial charge is 0.460 e. The number of anilines is 2. The van der Waals surface area contributed by atoms with Gasteiger partial charge in [-0.25, -0.2) is 19.3 Å². The van der Waals surface area contributed by atoms with Gasteiger partial charge in [0.05, 0.1) is 17.3 Å². The van der Waals surface area contributed by atoms with Gasteiger partial charge in [0, 0.05) is 12.8 Å². The first-order valence-electron chi connectivity index (χ1n) is 9.01. The molecule has 2 heterocycles. The third-order valence-corrected chi connectivity index (χ3v) is 5.05. The maximum Gasteiger partial charge on any atom is 0.317 e. The van der Waals surface area contributed by atoms with Gasteiger partial charge in [0.2, 0.25) is 0 Å². The second-order valence-corrected chi connectivity index (χ2v) is 7.02. The smallest absolute Gasteiger partial charge is 0.317 e. The summed E-state index contributed by atoms with van der Waals surface area (Å²) < 4.78 is 24.7. The molecule has 1 aromatic carbocycles. The van der Waals surface area contributed by atoms with E-state index >= 15 is 0 Å². The van der Waals surface area contributed by atoms with Crippen LogP contribution < -0.4 is 10.1 Å². The predicted octanol–water partition coefficient (Wildman–Crippen LogP) is 4.29. The van der Waals surface area contributed by atoms with Crippen molar-refractivity contribution in [3.8, 4) is 6.01 Å². The normalized spacial score (nSPS) is 19.5. The minimum atomic E-state index is -0.485. The molecule has 7 nitrogen and oxygen atoms in total. The SMILES string of the molecule is COC1CCC(Oc2ncc3ncnc(Nc4ccc(F)c(Cl)c4)c3n2)CC1. The fourth-order valence-corrected chi connectivity index (χ4v) is 3.41. The van der Waals surface area contributed by atoms with Crippen LogP contribution in [0.2, 0.25) is 5.02 Å². The van der Waals surface area contributed by atoms with E-state index < -0.39 is 5.82 Å². The van der Waals surface area contributed by atoms with Crippen molar-refractivity contribution in [3.63, 3.8) is 0 Å². The molecule has 0 atom stereocenters. The minimum absolute atomic E-state index is 0.0219. The van der Waals surface area contributed by atoms with E-state index in [0.29, 0.717) is 28.6 Å². The van der Waals surface area contributed by atoms with Crippen molar-refractivity contribution in [3.05, 3.63) is 41.6 Å². The number of nitrogens with one attached hydrogen (secondary N) is 1. The Labute approximate surface area is 166 Å². The topological polar surface area (TPSA) is 82.0 Å². The molecule has 2 aromatic heterocycles. The van der Waals surface area contributed by atoms with Gasteiger partial charge in [-0.05, 0) is 43.9 Å². The maximum atomic E-state index is 13.4. The fraction of sp³-hybridized carbons (Fsp3) is 0.368. The molecule has 9 heteroatoms. The molecular formula is C19H19ClFN5O2. The Hall–Kier alpha value is -2.58. The summed E-state index contributed by atoms with van der Waals surface area (Å²) in [5, 5.41) is 3.12. The van der Waals surface area contributed by atoms with E-state index in [0.717, 1.165) is 25.7 Å². The number of nitrogens with zero attached hydrogens (tertiary/aromatic N) is 4. The Balaban J connectivity index is 1.56. The third-order valence-electron chi connectivity index (χ3n) is 4.76. The first-order chi connectivity index (χ1) is 13.6. The molecule has 0 saturated heterocycles. The highest BCUT2D eigenvalue weighted by molar-refractivity contribution is 6.31. The number of aromatic nitrogens is 4. The van der Waals surface area contributed by atoms with Gasteiger partial charge in [-0.15, -0.1) is 0 Å². The molecule has 0 bridgehead atoms. The van der Waals surface area contributed by atoms with Gasteiger partial charge in [-0.2, -0.15) is 4.98 Å². The van der Waals surface area contributed by atoms with Crippen molar-refractivity contribution in [2.45, 2.75) is 37.9 Å². The summed E-state index contributed by atoms with van der Waals surface area (Å²) in [4.78, 5) is 17.2. The lowest BCUT2D eigenvalue weighted by Gasteiger charge is -2.27. The fourth-order valence-electron chi connectivity index (χ4n) is 3.23. The molecule has 0 radical (unpaired) electrons. The standard InChI is InChI=1S/C19H19ClFN5O2/c1-27-12-3-5-13(6-4-12)28-19-22-9-16-17(26-19)18(24-10-23-16)25-11-2-7-15(21)14(20)8-11/h2,7-10,12-13H,3-6H2,1H3,(H,23,24,25). The van der Waals surface area contributed by atoms with Crippen molar-refractivity contribution in [1.29, 1.82) is 0 Å². The van der Waals surface area contributed by atoms with Crippen molar-refractivity contribution in [2.24, 2.45) is 0 Å². The van der Waals surface area contributed by atoms with E-state index in [1.54, 1.807) is 19.4 Å². The molecule has 0 spiro atoms. The van der Waals surface area contributed by atoms with Gasteiger partial charge in [0.1, 0.15) is 29.3 Å². The van der Waals surface area contributed by atoms with E-state index in [2.05, 4.69) is 25.3 Å². The van der Waals surface area contributed by atoms with Crippen molar-refractivity contribution in [1.82, 2.24) is 19.9 Å². The molecule has 1 aliphatic rings. The van der Waals surface area contributed by atoms with Crippen LogP contribution >= 0.6 is 11.6 Å². The summed E-state index contributed by atoms with van der Waals surface area (Å²) in [6.45, 7) is 0. The number of ether oxygens (including phenoxy) is 2. The Morgan fingerprint density at radius 1 is 1.11 bits per heavy atom. The predicted molar refractivity (Wildman–Crippen MR) is 104 cm³/mol. The van der Waals surface area contributed by atoms with Gasteiger partial charge in [0.25, 0.3) is 0 Å². The molecule has 28 heavy (non-hydrogen) atoms. The molecule has 3 aromatic rings. The van der Waals surface area contributed by atoms with Gasteiger partial charge < -0.3 is 14.8 Å². The molecule has 0 amide bonds. The molecule has 0 unspecified atom stereocenters. The van der Waals surface area contributed by atoms with Crippen LogP contribution in [-0.2, 0) is 4.74 Å². The van der Waals surface area contributed by atoms with E-state index in [9.17, 15) is 4.39 Å². The summed E-state index contributed by atoms with van der Waals surface area (Å²) in [6.07, 6.45) is 7.06. The van der Waals surface area contributed by atoms with Gasteiger partial charge in [-0.3, -0.25) is 0 Å². The lowest BCUT2D eigenvalue weighted by atomic mass is 9.95. The highest BCUT2D eigenvalue weighted by Gasteiger charge is 2.23. The van der Waals surface area contributed by atoms with Gasteiger partial charge in [0.15, 0.2) is 5.82 Å². The van der Waals surface area contributed by atoms with E-state index in [1.165, 1.54) is 18.5 Å². The average Bonchev–Trinajstić information content (AvgIpc) is 2.72. The number of hydrogen-bond donors (Lipinski definition) is 1. The van der Waals surface area contributed by atoms with Crippen LogP contribution in [0, 0.1) is 5.82 Å². The second-order valence-electron chi connectivity index (χ2n) is 6.61. The number of hydrogen-bond acceptors (Lipinski definition) is 7. The zero-order valence-electron chi connectivity index (χ0n) is 15.2. The first-order valence-corrected chi connectivity index (χ1v) is 9.39. The monoisotopic (exact) mass is 403 g/mol. The molecular weight excluding hydrogens is 385 g/mol. The first kappa shape index (κ1) is 18.8. The summed E-state index contributed by atoms with van der Waals surface area (Å²) in [6, 6.07) is 4.62. The Morgan fingerprint density at radius 3 is 2.64 bits per heavy atom. The van der Waals surface area contributed by atoms with Crippen molar-refractivity contribution < 1.29 is 13.9 Å². The Kier molecular flexibility index (Phi) is 5.50. The number of rotatable bonds is 5. The van der Waals surface area contributed by atoms with Crippen molar-refractivity contribution in [2.75, 3.05) is 12.4 Å². The van der Waals surface area contributed by atoms with Gasteiger partial charge >= 0.3 is 6.01 Å². The Morgan fingerprint density at radius 2 is 1.89 bits per heavy atom. The molecule has 4 rings (SSSR count). The van der Waals surface area contributed by atoms with E-state index in [1.807, 2.05) is 0 Å². The molecule has 1 saturated carbocycles. The average molecular weight is 404 g/mol. The number of halogens is 2. The zero-order chi connectivity index (χ0) is 19.5. The van der Waals surface area contributed by atoms with Crippen LogP contribution in [0.5, 0.6) is 6.01 Å². The van der Waals surface area contributed by atoms with Crippen LogP contribution in [0.1, 0.15) is 25.7 Å². The van der Waals surface area contributed by atoms with Crippen LogP contribution in [-0.4, -0.2) is 39.3 Å². The van der Waals surface area contributed by atoms with Crippen molar-refractivity contribution >= 4 is 34.1 Å². The number of benzene rings is 1. The molecule has 0 aliphatic heterocycles. The van der Waals surface area contributed by atoms with Gasteiger partial charge in [-0.1, -0.05) is 11.6 Å². The third kappa shape index (κ3) is 4.13. The maximum absolute atomic E-state index is 13.4. The van der Waals surface area contributed by atoms with Crippen LogP contribution in [0.3, 0.4) is 0 Å². The molecule has 1 aliphatic carbocycles. The summed E-state index contributed by atoms with van der Waals surface area (Å²) in [7, 11) is 1.74. The second kappa shape index (κ2) is 8.20. The van der Waals surface area contributed by atoms with Crippen LogP contribution in [0.4, 0.5) is 15.9 Å².